The largest absolute Gasteiger partial charge is 0.355 e. The summed E-state index contributed by atoms with van der Waals surface area (Å²) in [7, 11) is 0. The van der Waals surface area contributed by atoms with E-state index in [0.29, 0.717) is 17.7 Å². The van der Waals surface area contributed by atoms with Crippen molar-refractivity contribution in [1.29, 1.82) is 5.26 Å². The Morgan fingerprint density at radius 1 is 1.47 bits per heavy atom. The molecule has 0 aromatic carbocycles. The van der Waals surface area contributed by atoms with Crippen LogP contribution < -0.4 is 10.2 Å². The first kappa shape index (κ1) is 13.8. The second-order valence-electron chi connectivity index (χ2n) is 5.39. The molecule has 1 unspecified atom stereocenters. The van der Waals surface area contributed by atoms with Crippen molar-refractivity contribution in [1.82, 2.24) is 15.3 Å². The van der Waals surface area contributed by atoms with Crippen LogP contribution in [-0.2, 0) is 0 Å². The van der Waals surface area contributed by atoms with Crippen LogP contribution in [-0.4, -0.2) is 35.6 Å². The lowest BCUT2D eigenvalue weighted by molar-refractivity contribution is 0.378. The second kappa shape index (κ2) is 6.48. The Kier molecular flexibility index (Phi) is 4.69. The van der Waals surface area contributed by atoms with E-state index in [-0.39, 0.29) is 0 Å². The molecular weight excluding hydrogens is 238 g/mol. The number of nitrogens with zero attached hydrogens (tertiary/aromatic N) is 4. The van der Waals surface area contributed by atoms with E-state index in [1.807, 2.05) is 6.07 Å². The van der Waals surface area contributed by atoms with Crippen molar-refractivity contribution in [2.75, 3.05) is 24.5 Å². The summed E-state index contributed by atoms with van der Waals surface area (Å²) < 4.78 is 0. The number of nitriles is 1. The predicted octanol–water partition coefficient (Wildman–Crippen LogP) is 1.56. The van der Waals surface area contributed by atoms with Gasteiger partial charge in [0, 0.05) is 19.1 Å². The maximum atomic E-state index is 8.73. The molecule has 0 bridgehead atoms. The summed E-state index contributed by atoms with van der Waals surface area (Å²) in [6.45, 7) is 7.44. The van der Waals surface area contributed by atoms with Gasteiger partial charge in [-0.05, 0) is 25.3 Å². The Morgan fingerprint density at radius 2 is 2.32 bits per heavy atom. The quantitative estimate of drug-likeness (QED) is 0.889. The fourth-order valence-corrected chi connectivity index (χ4v) is 2.38. The van der Waals surface area contributed by atoms with Gasteiger partial charge in [0.1, 0.15) is 11.9 Å². The zero-order valence-corrected chi connectivity index (χ0v) is 11.6. The maximum Gasteiger partial charge on any atom is 0.158 e. The van der Waals surface area contributed by atoms with Crippen molar-refractivity contribution >= 4 is 5.82 Å². The third kappa shape index (κ3) is 3.90. The number of piperidine rings is 1. The molecule has 1 atom stereocenters. The molecule has 0 aliphatic carbocycles. The third-order valence-electron chi connectivity index (χ3n) is 3.41. The van der Waals surface area contributed by atoms with E-state index in [9.17, 15) is 0 Å². The average Bonchev–Trinajstić information content (AvgIpc) is 2.45. The molecule has 0 radical (unpaired) electrons. The van der Waals surface area contributed by atoms with Gasteiger partial charge in [0.2, 0.25) is 0 Å². The molecule has 2 rings (SSSR count). The van der Waals surface area contributed by atoms with Gasteiger partial charge in [-0.25, -0.2) is 9.97 Å². The first-order valence-electron chi connectivity index (χ1n) is 6.89. The maximum absolute atomic E-state index is 8.73. The summed E-state index contributed by atoms with van der Waals surface area (Å²) in [5.41, 5.74) is 0.374. The number of anilines is 1. The molecule has 1 saturated heterocycles. The van der Waals surface area contributed by atoms with Gasteiger partial charge in [0.15, 0.2) is 5.69 Å². The van der Waals surface area contributed by atoms with E-state index in [1.165, 1.54) is 12.8 Å². The van der Waals surface area contributed by atoms with Gasteiger partial charge in [0.05, 0.1) is 12.4 Å². The fraction of sp³-hybridized carbons (Fsp3) is 0.643. The van der Waals surface area contributed by atoms with Crippen molar-refractivity contribution in [3.8, 4) is 6.07 Å². The van der Waals surface area contributed by atoms with Gasteiger partial charge in [-0.3, -0.25) is 0 Å². The van der Waals surface area contributed by atoms with Crippen molar-refractivity contribution < 1.29 is 0 Å². The van der Waals surface area contributed by atoms with Crippen LogP contribution in [0.4, 0.5) is 5.82 Å². The summed E-state index contributed by atoms with van der Waals surface area (Å²) in [6, 6.07) is 2.53. The molecule has 1 N–H and O–H groups in total. The highest BCUT2D eigenvalue weighted by molar-refractivity contribution is 5.37. The molecule has 19 heavy (non-hydrogen) atoms. The van der Waals surface area contributed by atoms with Crippen LogP contribution >= 0.6 is 0 Å². The Balaban J connectivity index is 1.94. The second-order valence-corrected chi connectivity index (χ2v) is 5.39. The summed E-state index contributed by atoms with van der Waals surface area (Å²) >= 11 is 0. The van der Waals surface area contributed by atoms with Crippen LogP contribution in [0.25, 0.3) is 0 Å². The first-order valence-corrected chi connectivity index (χ1v) is 6.89. The standard InChI is InChI=1S/C14H21N5/c1-11(2)16-7-12-4-3-5-19(10-12)14-9-17-13(6-15)8-18-14/h8-9,11-12,16H,3-5,7,10H2,1-2H3. The number of hydrogen-bond donors (Lipinski definition) is 1. The van der Waals surface area contributed by atoms with Crippen molar-refractivity contribution in [3.63, 3.8) is 0 Å². The Bertz CT molecular complexity index is 434. The molecular formula is C14H21N5. The molecule has 0 saturated carbocycles. The Morgan fingerprint density at radius 3 is 2.95 bits per heavy atom. The van der Waals surface area contributed by atoms with Crippen molar-refractivity contribution in [2.45, 2.75) is 32.7 Å². The van der Waals surface area contributed by atoms with E-state index < -0.39 is 0 Å². The van der Waals surface area contributed by atoms with Crippen molar-refractivity contribution in [2.24, 2.45) is 5.92 Å². The van der Waals surface area contributed by atoms with E-state index in [1.54, 1.807) is 12.4 Å². The molecule has 0 amide bonds. The monoisotopic (exact) mass is 259 g/mol. The minimum absolute atomic E-state index is 0.374. The molecule has 1 fully saturated rings. The number of aromatic nitrogens is 2. The van der Waals surface area contributed by atoms with Crippen LogP contribution in [0.3, 0.4) is 0 Å². The van der Waals surface area contributed by atoms with Gasteiger partial charge >= 0.3 is 0 Å². The molecule has 1 aromatic rings. The lowest BCUT2D eigenvalue weighted by atomic mass is 9.98. The Hall–Kier alpha value is -1.67. The minimum Gasteiger partial charge on any atom is -0.355 e. The highest BCUT2D eigenvalue weighted by Crippen LogP contribution is 2.20. The predicted molar refractivity (Wildman–Crippen MR) is 74.8 cm³/mol. The lowest BCUT2D eigenvalue weighted by Gasteiger charge is -2.33. The number of rotatable bonds is 4. The van der Waals surface area contributed by atoms with E-state index >= 15 is 0 Å². The molecule has 2 heterocycles. The van der Waals surface area contributed by atoms with Crippen LogP contribution in [0.2, 0.25) is 0 Å². The molecule has 102 valence electrons. The molecule has 5 heteroatoms. The summed E-state index contributed by atoms with van der Waals surface area (Å²) in [5.74, 6) is 1.54. The lowest BCUT2D eigenvalue weighted by Crippen LogP contribution is -2.41. The first-order chi connectivity index (χ1) is 9.19. The summed E-state index contributed by atoms with van der Waals surface area (Å²) in [4.78, 5) is 10.7. The van der Waals surface area contributed by atoms with E-state index in [4.69, 9.17) is 5.26 Å². The topological polar surface area (TPSA) is 64.8 Å². The normalized spacial score (nSPS) is 19.5. The summed E-state index contributed by atoms with van der Waals surface area (Å²) in [5, 5.41) is 12.2. The van der Waals surface area contributed by atoms with Gasteiger partial charge in [-0.1, -0.05) is 13.8 Å². The minimum atomic E-state index is 0.374. The van der Waals surface area contributed by atoms with Gasteiger partial charge in [0.25, 0.3) is 0 Å². The average molecular weight is 259 g/mol. The zero-order chi connectivity index (χ0) is 13.7. The van der Waals surface area contributed by atoms with Gasteiger partial charge in [-0.15, -0.1) is 0 Å². The van der Waals surface area contributed by atoms with Crippen LogP contribution in [0.1, 0.15) is 32.4 Å². The van der Waals surface area contributed by atoms with Crippen LogP contribution in [0.15, 0.2) is 12.4 Å². The molecule has 0 spiro atoms. The van der Waals surface area contributed by atoms with Gasteiger partial charge < -0.3 is 10.2 Å². The van der Waals surface area contributed by atoms with E-state index in [0.717, 1.165) is 25.5 Å². The van der Waals surface area contributed by atoms with E-state index in [2.05, 4.69) is 34.0 Å². The van der Waals surface area contributed by atoms with Crippen LogP contribution in [0, 0.1) is 17.2 Å². The summed E-state index contributed by atoms with van der Waals surface area (Å²) in [6.07, 6.45) is 5.70. The number of hydrogen-bond acceptors (Lipinski definition) is 5. The smallest absolute Gasteiger partial charge is 0.158 e. The Labute approximate surface area is 114 Å². The molecule has 5 nitrogen and oxygen atoms in total. The van der Waals surface area contributed by atoms with Gasteiger partial charge in [-0.2, -0.15) is 5.26 Å². The number of nitrogens with one attached hydrogen (secondary N) is 1. The molecule has 1 aliphatic heterocycles. The SMILES string of the molecule is CC(C)NCC1CCCN(c2cnc(C#N)cn2)C1. The molecule has 1 aromatic heterocycles. The van der Waals surface area contributed by atoms with Crippen molar-refractivity contribution in [3.05, 3.63) is 18.1 Å². The van der Waals surface area contributed by atoms with Crippen LogP contribution in [0.5, 0.6) is 0 Å². The highest BCUT2D eigenvalue weighted by atomic mass is 15.2. The zero-order valence-electron chi connectivity index (χ0n) is 11.6. The fourth-order valence-electron chi connectivity index (χ4n) is 2.38. The third-order valence-corrected chi connectivity index (χ3v) is 3.41. The highest BCUT2D eigenvalue weighted by Gasteiger charge is 2.21. The molecule has 1 aliphatic rings.